The van der Waals surface area contributed by atoms with Crippen molar-refractivity contribution >= 4 is 6.47 Å². The van der Waals surface area contributed by atoms with Gasteiger partial charge in [0.2, 0.25) is 0 Å². The Balaban J connectivity index is 2.62. The Bertz CT molecular complexity index is 56.4. The molecule has 0 aliphatic rings. The molecule has 0 aliphatic heterocycles. The van der Waals surface area contributed by atoms with Crippen molar-refractivity contribution in [3.8, 4) is 0 Å². The molecule has 47 valence electrons. The van der Waals surface area contributed by atoms with Gasteiger partial charge in [0.05, 0.1) is 0 Å². The number of nitrogens with one attached hydrogen (secondary N) is 1. The molecule has 0 amide bonds. The first-order valence-electron chi connectivity index (χ1n) is 2.61. The van der Waals surface area contributed by atoms with Gasteiger partial charge >= 0.3 is 6.47 Å². The molecule has 0 heterocycles. The van der Waals surface area contributed by atoms with Crippen LogP contribution in [0.3, 0.4) is 0 Å². The van der Waals surface area contributed by atoms with Crippen molar-refractivity contribution in [2.45, 2.75) is 6.92 Å². The van der Waals surface area contributed by atoms with Gasteiger partial charge in [-0.05, 0) is 6.54 Å². The third kappa shape index (κ3) is 5.43. The standard InChI is InChI=1S/C5H10NO2/c1-2-6-3-4-8-5-7/h6H,2-4H2,1H3. The quantitative estimate of drug-likeness (QED) is 0.500. The van der Waals surface area contributed by atoms with Gasteiger partial charge in [0.1, 0.15) is 6.61 Å². The van der Waals surface area contributed by atoms with Crippen LogP contribution >= 0.6 is 0 Å². The molecule has 3 heteroatoms. The summed E-state index contributed by atoms with van der Waals surface area (Å²) in [5, 5.41) is 2.98. The summed E-state index contributed by atoms with van der Waals surface area (Å²) in [6.07, 6.45) is 0. The lowest BCUT2D eigenvalue weighted by Gasteiger charge is -1.96. The number of rotatable bonds is 5. The average molecular weight is 116 g/mol. The highest BCUT2D eigenvalue weighted by atomic mass is 16.5. The number of carbonyl (C=O) groups excluding carboxylic acids is 1. The van der Waals surface area contributed by atoms with E-state index in [1.54, 1.807) is 0 Å². The first-order valence-corrected chi connectivity index (χ1v) is 2.61. The van der Waals surface area contributed by atoms with Crippen molar-refractivity contribution in [1.29, 1.82) is 0 Å². The zero-order valence-corrected chi connectivity index (χ0v) is 4.94. The maximum atomic E-state index is 9.39. The third-order valence-electron chi connectivity index (χ3n) is 0.690. The van der Waals surface area contributed by atoms with Gasteiger partial charge in [-0.25, -0.2) is 4.79 Å². The van der Waals surface area contributed by atoms with Crippen LogP contribution in [0.5, 0.6) is 0 Å². The smallest absolute Gasteiger partial charge is 0.417 e. The molecule has 0 bridgehead atoms. The molecule has 0 rings (SSSR count). The molecule has 0 aromatic carbocycles. The van der Waals surface area contributed by atoms with E-state index in [1.165, 1.54) is 6.47 Å². The Kier molecular flexibility index (Phi) is 5.97. The van der Waals surface area contributed by atoms with E-state index in [1.807, 2.05) is 6.92 Å². The summed E-state index contributed by atoms with van der Waals surface area (Å²) in [7, 11) is 0. The minimum Gasteiger partial charge on any atom is -0.456 e. The zero-order valence-electron chi connectivity index (χ0n) is 4.94. The Labute approximate surface area is 49.0 Å². The Morgan fingerprint density at radius 2 is 2.50 bits per heavy atom. The van der Waals surface area contributed by atoms with E-state index < -0.39 is 0 Å². The van der Waals surface area contributed by atoms with Crippen molar-refractivity contribution in [3.05, 3.63) is 0 Å². The highest BCUT2D eigenvalue weighted by Crippen LogP contribution is 1.62. The van der Waals surface area contributed by atoms with Crippen molar-refractivity contribution in [2.75, 3.05) is 19.7 Å². The molecule has 0 aliphatic carbocycles. The van der Waals surface area contributed by atoms with Crippen molar-refractivity contribution in [3.63, 3.8) is 0 Å². The maximum Gasteiger partial charge on any atom is 0.417 e. The lowest BCUT2D eigenvalue weighted by Crippen LogP contribution is -2.18. The second-order valence-electron chi connectivity index (χ2n) is 1.29. The van der Waals surface area contributed by atoms with Crippen LogP contribution in [0.15, 0.2) is 0 Å². The topological polar surface area (TPSA) is 38.3 Å². The van der Waals surface area contributed by atoms with Crippen LogP contribution in [0.4, 0.5) is 0 Å². The summed E-state index contributed by atoms with van der Waals surface area (Å²) >= 11 is 0. The van der Waals surface area contributed by atoms with Gasteiger partial charge in [-0.1, -0.05) is 6.92 Å². The summed E-state index contributed by atoms with van der Waals surface area (Å²) in [4.78, 5) is 9.39. The number of ether oxygens (including phenoxy) is 1. The van der Waals surface area contributed by atoms with E-state index in [0.29, 0.717) is 13.2 Å². The highest BCUT2D eigenvalue weighted by Gasteiger charge is 1.81. The monoisotopic (exact) mass is 116 g/mol. The molecule has 0 unspecified atom stereocenters. The molecule has 0 saturated heterocycles. The summed E-state index contributed by atoms with van der Waals surface area (Å²) < 4.78 is 4.27. The fraction of sp³-hybridized carbons (Fsp3) is 0.800. The molecule has 0 atom stereocenters. The lowest BCUT2D eigenvalue weighted by atomic mass is 10.6. The molecule has 0 aromatic heterocycles. The number of hydrogen-bond acceptors (Lipinski definition) is 3. The van der Waals surface area contributed by atoms with E-state index >= 15 is 0 Å². The maximum absolute atomic E-state index is 9.39. The van der Waals surface area contributed by atoms with Gasteiger partial charge in [-0.15, -0.1) is 0 Å². The predicted molar refractivity (Wildman–Crippen MR) is 30.2 cm³/mol. The van der Waals surface area contributed by atoms with Crippen LogP contribution < -0.4 is 5.32 Å². The summed E-state index contributed by atoms with van der Waals surface area (Å²) in [5.41, 5.74) is 0. The first-order chi connectivity index (χ1) is 3.91. The van der Waals surface area contributed by atoms with E-state index in [-0.39, 0.29) is 0 Å². The van der Waals surface area contributed by atoms with E-state index in [4.69, 9.17) is 0 Å². The number of hydrogen-bond donors (Lipinski definition) is 1. The summed E-state index contributed by atoms with van der Waals surface area (Å²) in [5.74, 6) is 0. The zero-order chi connectivity index (χ0) is 6.24. The van der Waals surface area contributed by atoms with Crippen molar-refractivity contribution in [2.24, 2.45) is 0 Å². The van der Waals surface area contributed by atoms with E-state index in [2.05, 4.69) is 10.1 Å². The second kappa shape index (κ2) is 6.43. The molecule has 0 saturated carbocycles. The predicted octanol–water partition coefficient (Wildman–Crippen LogP) is -0.320. The molecule has 1 radical (unpaired) electrons. The minimum absolute atomic E-state index is 0.414. The fourth-order valence-electron chi connectivity index (χ4n) is 0.342. The average Bonchev–Trinajstić information content (AvgIpc) is 1.81. The van der Waals surface area contributed by atoms with Crippen LogP contribution in [0.2, 0.25) is 0 Å². The summed E-state index contributed by atoms with van der Waals surface area (Å²) in [6, 6.07) is 0. The van der Waals surface area contributed by atoms with Gasteiger partial charge in [0.15, 0.2) is 0 Å². The Morgan fingerprint density at radius 1 is 1.75 bits per heavy atom. The largest absolute Gasteiger partial charge is 0.456 e. The van der Waals surface area contributed by atoms with Gasteiger partial charge in [0.25, 0.3) is 0 Å². The molecule has 8 heavy (non-hydrogen) atoms. The fourth-order valence-corrected chi connectivity index (χ4v) is 0.342. The third-order valence-corrected chi connectivity index (χ3v) is 0.690. The van der Waals surface area contributed by atoms with Crippen LogP contribution in [-0.2, 0) is 9.53 Å². The SMILES string of the molecule is CCNCCO[C]=O. The Morgan fingerprint density at radius 3 is 3.00 bits per heavy atom. The highest BCUT2D eigenvalue weighted by molar-refractivity contribution is 5.38. The summed E-state index contributed by atoms with van der Waals surface area (Å²) in [6.45, 7) is 5.36. The van der Waals surface area contributed by atoms with Crippen molar-refractivity contribution in [1.82, 2.24) is 5.32 Å². The van der Waals surface area contributed by atoms with Gasteiger partial charge < -0.3 is 10.1 Å². The minimum atomic E-state index is 0.414. The van der Waals surface area contributed by atoms with Crippen LogP contribution in [0.25, 0.3) is 0 Å². The molecule has 0 spiro atoms. The van der Waals surface area contributed by atoms with Crippen LogP contribution in [-0.4, -0.2) is 26.2 Å². The lowest BCUT2D eigenvalue weighted by molar-refractivity contribution is 0.277. The first kappa shape index (κ1) is 7.43. The van der Waals surface area contributed by atoms with Crippen LogP contribution in [0, 0.1) is 0 Å². The Hall–Kier alpha value is -0.570. The number of likely N-dealkylation sites (N-methyl/N-ethyl adjacent to an activating group) is 1. The van der Waals surface area contributed by atoms with Gasteiger partial charge in [-0.3, -0.25) is 0 Å². The molecule has 3 nitrogen and oxygen atoms in total. The van der Waals surface area contributed by atoms with Gasteiger partial charge in [0, 0.05) is 6.54 Å². The van der Waals surface area contributed by atoms with E-state index in [9.17, 15) is 4.79 Å². The molecular formula is C5H10NO2. The second-order valence-corrected chi connectivity index (χ2v) is 1.29. The molecule has 0 aromatic rings. The molecular weight excluding hydrogens is 106 g/mol. The van der Waals surface area contributed by atoms with E-state index in [0.717, 1.165) is 6.54 Å². The normalized spacial score (nSPS) is 8.62. The van der Waals surface area contributed by atoms with Crippen molar-refractivity contribution < 1.29 is 9.53 Å². The van der Waals surface area contributed by atoms with Gasteiger partial charge in [-0.2, -0.15) is 0 Å². The molecule has 1 N–H and O–H groups in total. The van der Waals surface area contributed by atoms with Crippen LogP contribution in [0.1, 0.15) is 6.92 Å². The molecule has 0 fully saturated rings.